The van der Waals surface area contributed by atoms with Gasteiger partial charge < -0.3 is 0 Å². The van der Waals surface area contributed by atoms with E-state index >= 15 is 0 Å². The first-order valence-corrected chi connectivity index (χ1v) is 14.5. The summed E-state index contributed by atoms with van der Waals surface area (Å²) in [7, 11) is 0. The maximum atomic E-state index is 12.3. The van der Waals surface area contributed by atoms with Crippen LogP contribution in [0.5, 0.6) is 0 Å². The van der Waals surface area contributed by atoms with Crippen molar-refractivity contribution in [2.75, 3.05) is 0 Å². The molecule has 0 aliphatic heterocycles. The number of ketones is 2. The molecule has 32 heavy (non-hydrogen) atoms. The van der Waals surface area contributed by atoms with E-state index in [2.05, 4.69) is 13.8 Å². The second-order valence-corrected chi connectivity index (χ2v) is 12.4. The van der Waals surface area contributed by atoms with Gasteiger partial charge in [0, 0.05) is 25.7 Å². The molecule has 4 aliphatic rings. The molecule has 4 aliphatic carbocycles. The van der Waals surface area contributed by atoms with Gasteiger partial charge in [0.1, 0.15) is 11.6 Å². The highest BCUT2D eigenvalue weighted by Gasteiger charge is 2.56. The molecule has 2 nitrogen and oxygen atoms in total. The summed E-state index contributed by atoms with van der Waals surface area (Å²) in [6, 6.07) is 0. The van der Waals surface area contributed by atoms with Crippen molar-refractivity contribution in [3.63, 3.8) is 0 Å². The van der Waals surface area contributed by atoms with Gasteiger partial charge in [-0.1, -0.05) is 52.4 Å². The van der Waals surface area contributed by atoms with Gasteiger partial charge in [-0.3, -0.25) is 9.59 Å². The van der Waals surface area contributed by atoms with Crippen LogP contribution in [0, 0.1) is 22.7 Å². The second kappa shape index (κ2) is 12.7. The largest absolute Gasteiger partial charge is 0.300 e. The van der Waals surface area contributed by atoms with Gasteiger partial charge in [0.05, 0.1) is 0 Å². The van der Waals surface area contributed by atoms with Crippen LogP contribution in [-0.4, -0.2) is 11.6 Å². The highest BCUT2D eigenvalue weighted by atomic mass is 16.1. The summed E-state index contributed by atoms with van der Waals surface area (Å²) >= 11 is 0. The standard InChI is InChI=1S/C30H52O2/c1-3-5-7-9-13-27(31)15-11-17-29-20-25-19-26(21-29)23-30(22-25,24-29)18-12-16-28(32)14-10-8-6-4-2/h25-26H,3-24H2,1-2H3. The predicted molar refractivity (Wildman–Crippen MR) is 135 cm³/mol. The lowest BCUT2D eigenvalue weighted by Gasteiger charge is -2.63. The molecule has 0 spiro atoms. The van der Waals surface area contributed by atoms with Crippen LogP contribution in [0.1, 0.15) is 155 Å². The molecule has 0 aromatic rings. The molecule has 0 unspecified atom stereocenters. The number of unbranched alkanes of at least 4 members (excludes halogenated alkanes) is 6. The van der Waals surface area contributed by atoms with E-state index in [1.54, 1.807) is 0 Å². The fourth-order valence-corrected chi connectivity index (χ4v) is 8.30. The normalized spacial score (nSPS) is 30.7. The smallest absolute Gasteiger partial charge is 0.132 e. The monoisotopic (exact) mass is 444 g/mol. The Hall–Kier alpha value is -0.660. The zero-order valence-electron chi connectivity index (χ0n) is 21.5. The first-order valence-electron chi connectivity index (χ1n) is 14.5. The van der Waals surface area contributed by atoms with E-state index in [1.165, 1.54) is 89.9 Å². The van der Waals surface area contributed by atoms with Gasteiger partial charge in [0.25, 0.3) is 0 Å². The molecule has 0 N–H and O–H groups in total. The molecule has 0 aromatic heterocycles. The molecule has 4 bridgehead atoms. The Kier molecular flexibility index (Phi) is 10.3. The van der Waals surface area contributed by atoms with Crippen molar-refractivity contribution >= 4 is 11.6 Å². The van der Waals surface area contributed by atoms with E-state index in [9.17, 15) is 9.59 Å². The molecule has 0 aromatic carbocycles. The molecule has 0 heterocycles. The van der Waals surface area contributed by atoms with E-state index < -0.39 is 0 Å². The summed E-state index contributed by atoms with van der Waals surface area (Å²) in [6.45, 7) is 4.46. The molecule has 4 rings (SSSR count). The Bertz CT molecular complexity index is 530. The molecule has 0 saturated heterocycles. The van der Waals surface area contributed by atoms with Crippen LogP contribution < -0.4 is 0 Å². The van der Waals surface area contributed by atoms with Crippen molar-refractivity contribution in [3.8, 4) is 0 Å². The fourth-order valence-electron chi connectivity index (χ4n) is 8.30. The van der Waals surface area contributed by atoms with Crippen LogP contribution in [0.4, 0.5) is 0 Å². The molecule has 0 radical (unpaired) electrons. The van der Waals surface area contributed by atoms with Crippen LogP contribution in [0.25, 0.3) is 0 Å². The van der Waals surface area contributed by atoms with E-state index in [0.717, 1.165) is 63.2 Å². The zero-order chi connectivity index (χ0) is 22.9. The third kappa shape index (κ3) is 7.69. The highest BCUT2D eigenvalue weighted by molar-refractivity contribution is 5.78. The Labute approximate surface area is 199 Å². The highest BCUT2D eigenvalue weighted by Crippen LogP contribution is 2.67. The minimum absolute atomic E-state index is 0.512. The van der Waals surface area contributed by atoms with Crippen molar-refractivity contribution in [1.82, 2.24) is 0 Å². The summed E-state index contributed by atoms with van der Waals surface area (Å²) in [5, 5.41) is 0. The van der Waals surface area contributed by atoms with Gasteiger partial charge in [-0.15, -0.1) is 0 Å². The van der Waals surface area contributed by atoms with Gasteiger partial charge in [0.2, 0.25) is 0 Å². The van der Waals surface area contributed by atoms with E-state index in [4.69, 9.17) is 0 Å². The van der Waals surface area contributed by atoms with Crippen molar-refractivity contribution in [1.29, 1.82) is 0 Å². The molecule has 184 valence electrons. The zero-order valence-corrected chi connectivity index (χ0v) is 21.5. The summed E-state index contributed by atoms with van der Waals surface area (Å²) in [5.74, 6) is 2.90. The van der Waals surface area contributed by atoms with Gasteiger partial charge >= 0.3 is 0 Å². The Balaban J connectivity index is 1.41. The summed E-state index contributed by atoms with van der Waals surface area (Å²) < 4.78 is 0. The van der Waals surface area contributed by atoms with Crippen molar-refractivity contribution < 1.29 is 9.59 Å². The summed E-state index contributed by atoms with van der Waals surface area (Å²) in [5.41, 5.74) is 1.08. The quantitative estimate of drug-likeness (QED) is 0.198. The molecule has 4 fully saturated rings. The van der Waals surface area contributed by atoms with Crippen molar-refractivity contribution in [3.05, 3.63) is 0 Å². The maximum Gasteiger partial charge on any atom is 0.132 e. The SMILES string of the molecule is CCCCCCC(=O)CCCC12CC3CC(C1)CC(CCCC(=O)CCCCCC)(C3)C2. The summed E-state index contributed by atoms with van der Waals surface area (Å²) in [6.07, 6.45) is 26.4. The molecule has 4 saturated carbocycles. The van der Waals surface area contributed by atoms with E-state index in [1.807, 2.05) is 0 Å². The lowest BCUT2D eigenvalue weighted by molar-refractivity contribution is -0.124. The number of rotatable bonds is 18. The van der Waals surface area contributed by atoms with E-state index in [-0.39, 0.29) is 0 Å². The van der Waals surface area contributed by atoms with Crippen LogP contribution in [-0.2, 0) is 9.59 Å². The Morgan fingerprint density at radius 3 is 1.41 bits per heavy atom. The third-order valence-corrected chi connectivity index (χ3v) is 9.25. The molecule has 2 heteroatoms. The van der Waals surface area contributed by atoms with Gasteiger partial charge in [-0.25, -0.2) is 0 Å². The van der Waals surface area contributed by atoms with Crippen LogP contribution in [0.15, 0.2) is 0 Å². The van der Waals surface area contributed by atoms with Crippen molar-refractivity contribution in [2.45, 2.75) is 155 Å². The number of Topliss-reactive ketones (excluding diaryl/α,β-unsaturated/α-hetero) is 2. The van der Waals surface area contributed by atoms with Gasteiger partial charge in [0.15, 0.2) is 0 Å². The van der Waals surface area contributed by atoms with Gasteiger partial charge in [-0.05, 0) is 99.7 Å². The van der Waals surface area contributed by atoms with Crippen molar-refractivity contribution in [2.24, 2.45) is 22.7 Å². The molecule has 0 atom stereocenters. The minimum Gasteiger partial charge on any atom is -0.300 e. The number of hydrogen-bond acceptors (Lipinski definition) is 2. The lowest BCUT2D eigenvalue weighted by atomic mass is 9.42. The third-order valence-electron chi connectivity index (χ3n) is 9.25. The topological polar surface area (TPSA) is 34.1 Å². The first kappa shape index (κ1) is 26.0. The number of hydrogen-bond donors (Lipinski definition) is 0. The minimum atomic E-state index is 0.512. The number of carbonyl (C=O) groups excluding carboxylic acids is 2. The maximum absolute atomic E-state index is 12.3. The fraction of sp³-hybridized carbons (Fsp3) is 0.933. The average Bonchev–Trinajstić information content (AvgIpc) is 2.73. The lowest BCUT2D eigenvalue weighted by Crippen LogP contribution is -2.51. The van der Waals surface area contributed by atoms with Gasteiger partial charge in [-0.2, -0.15) is 0 Å². The number of carbonyl (C=O) groups is 2. The average molecular weight is 445 g/mol. The second-order valence-electron chi connectivity index (χ2n) is 12.4. The van der Waals surface area contributed by atoms with Crippen LogP contribution in [0.2, 0.25) is 0 Å². The summed E-state index contributed by atoms with van der Waals surface area (Å²) in [4.78, 5) is 24.7. The Morgan fingerprint density at radius 2 is 1.00 bits per heavy atom. The molecular formula is C30H52O2. The first-order chi connectivity index (χ1) is 15.5. The molecule has 0 amide bonds. The van der Waals surface area contributed by atoms with Crippen LogP contribution in [0.3, 0.4) is 0 Å². The Morgan fingerprint density at radius 1 is 0.594 bits per heavy atom. The molecular weight excluding hydrogens is 392 g/mol. The predicted octanol–water partition coefficient (Wildman–Crippen LogP) is 8.99. The van der Waals surface area contributed by atoms with Crippen LogP contribution >= 0.6 is 0 Å². The van der Waals surface area contributed by atoms with E-state index in [0.29, 0.717) is 22.4 Å².